The summed E-state index contributed by atoms with van der Waals surface area (Å²) in [6.45, 7) is 0. The van der Waals surface area contributed by atoms with Crippen molar-refractivity contribution in [3.05, 3.63) is 28.2 Å². The van der Waals surface area contributed by atoms with E-state index in [1.54, 1.807) is 6.07 Å². The van der Waals surface area contributed by atoms with E-state index in [9.17, 15) is 9.59 Å². The summed E-state index contributed by atoms with van der Waals surface area (Å²) >= 11 is 3.28. The number of benzene rings is 1. The average Bonchev–Trinajstić information content (AvgIpc) is 2.15. The van der Waals surface area contributed by atoms with E-state index in [0.717, 1.165) is 5.69 Å². The molecule has 0 fully saturated rings. The third-order valence-electron chi connectivity index (χ3n) is 1.89. The molecule has 15 heavy (non-hydrogen) atoms. The van der Waals surface area contributed by atoms with E-state index in [4.69, 9.17) is 5.11 Å². The summed E-state index contributed by atoms with van der Waals surface area (Å²) in [5, 5.41) is 8.53. The van der Waals surface area contributed by atoms with Crippen LogP contribution in [0.5, 0.6) is 0 Å². The van der Waals surface area contributed by atoms with Crippen molar-refractivity contribution in [3.8, 4) is 0 Å². The van der Waals surface area contributed by atoms with Gasteiger partial charge in [0.2, 0.25) is 0 Å². The molecule has 0 aliphatic carbocycles. The summed E-state index contributed by atoms with van der Waals surface area (Å²) in [5.41, 5.74) is 1.05. The van der Waals surface area contributed by atoms with E-state index in [1.165, 1.54) is 12.1 Å². The van der Waals surface area contributed by atoms with E-state index in [0.29, 0.717) is 4.47 Å². The van der Waals surface area contributed by atoms with Crippen LogP contribution in [-0.2, 0) is 4.79 Å². The Hall–Kier alpha value is -1.36. The van der Waals surface area contributed by atoms with Crippen molar-refractivity contribution in [2.75, 3.05) is 19.0 Å². The second-order valence-electron chi connectivity index (χ2n) is 3.19. The number of aliphatic carboxylic acids is 1. The highest BCUT2D eigenvalue weighted by molar-refractivity contribution is 9.10. The van der Waals surface area contributed by atoms with Crippen LogP contribution >= 0.6 is 15.9 Å². The first-order valence-electron chi connectivity index (χ1n) is 4.18. The van der Waals surface area contributed by atoms with E-state index in [2.05, 4.69) is 15.9 Å². The van der Waals surface area contributed by atoms with Gasteiger partial charge in [0.1, 0.15) is 0 Å². The molecule has 0 saturated carbocycles. The average molecular weight is 272 g/mol. The fraction of sp³-hybridized carbons (Fsp3) is 0.200. The quantitative estimate of drug-likeness (QED) is 0.673. The molecule has 0 radical (unpaired) electrons. The molecule has 0 atom stereocenters. The summed E-state index contributed by atoms with van der Waals surface area (Å²) in [7, 11) is 3.72. The molecule has 1 aromatic rings. The van der Waals surface area contributed by atoms with Crippen LogP contribution in [0.15, 0.2) is 22.7 Å². The van der Waals surface area contributed by atoms with Gasteiger partial charge in [0.05, 0.1) is 5.69 Å². The number of hydrogen-bond acceptors (Lipinski definition) is 3. The van der Waals surface area contributed by atoms with Gasteiger partial charge in [-0.1, -0.05) is 0 Å². The van der Waals surface area contributed by atoms with E-state index < -0.39 is 11.8 Å². The SMILES string of the molecule is CN(C)c1ccc(C(=O)C(=O)O)cc1Br. The third-order valence-corrected chi connectivity index (χ3v) is 2.52. The molecular weight excluding hydrogens is 262 g/mol. The minimum absolute atomic E-state index is 0.167. The summed E-state index contributed by atoms with van der Waals surface area (Å²) in [6, 6.07) is 4.70. The van der Waals surface area contributed by atoms with Crippen LogP contribution in [0.3, 0.4) is 0 Å². The number of Topliss-reactive ketones (excluding diaryl/α,β-unsaturated/α-hetero) is 1. The predicted molar refractivity (Wildman–Crippen MR) is 60.4 cm³/mol. The van der Waals surface area contributed by atoms with Crippen LogP contribution in [0.2, 0.25) is 0 Å². The largest absolute Gasteiger partial charge is 0.475 e. The zero-order valence-electron chi connectivity index (χ0n) is 8.32. The number of rotatable bonds is 3. The van der Waals surface area contributed by atoms with Crippen molar-refractivity contribution in [1.82, 2.24) is 0 Å². The number of carbonyl (C=O) groups excluding carboxylic acids is 1. The van der Waals surface area contributed by atoms with Crippen LogP contribution in [-0.4, -0.2) is 31.0 Å². The lowest BCUT2D eigenvalue weighted by molar-refractivity contribution is -0.131. The Labute approximate surface area is 95.6 Å². The number of nitrogens with zero attached hydrogens (tertiary/aromatic N) is 1. The maximum Gasteiger partial charge on any atom is 0.377 e. The fourth-order valence-electron chi connectivity index (χ4n) is 1.13. The van der Waals surface area contributed by atoms with Gasteiger partial charge in [-0.15, -0.1) is 0 Å². The standard InChI is InChI=1S/C10H10BrNO3/c1-12(2)8-4-3-6(5-7(8)11)9(13)10(14)15/h3-5H,1-2H3,(H,14,15). The second kappa shape index (κ2) is 4.44. The van der Waals surface area contributed by atoms with Gasteiger partial charge < -0.3 is 10.0 Å². The number of ketones is 1. The summed E-state index contributed by atoms with van der Waals surface area (Å²) in [6.07, 6.45) is 0. The van der Waals surface area contributed by atoms with Gasteiger partial charge >= 0.3 is 5.97 Å². The highest BCUT2D eigenvalue weighted by Gasteiger charge is 2.15. The van der Waals surface area contributed by atoms with Gasteiger partial charge in [0.15, 0.2) is 0 Å². The highest BCUT2D eigenvalue weighted by atomic mass is 79.9. The highest BCUT2D eigenvalue weighted by Crippen LogP contribution is 2.25. The predicted octanol–water partition coefficient (Wildman–Crippen LogP) is 1.78. The van der Waals surface area contributed by atoms with Crippen molar-refractivity contribution in [2.24, 2.45) is 0 Å². The maximum absolute atomic E-state index is 11.1. The molecule has 1 rings (SSSR count). The van der Waals surface area contributed by atoms with Crippen LogP contribution in [0.25, 0.3) is 0 Å². The summed E-state index contributed by atoms with van der Waals surface area (Å²) in [5.74, 6) is -2.35. The first-order chi connectivity index (χ1) is 6.93. The monoisotopic (exact) mass is 271 g/mol. The molecule has 0 heterocycles. The van der Waals surface area contributed by atoms with Crippen molar-refractivity contribution >= 4 is 33.4 Å². The van der Waals surface area contributed by atoms with Crippen LogP contribution in [0.4, 0.5) is 5.69 Å². The lowest BCUT2D eigenvalue weighted by Gasteiger charge is -2.14. The molecule has 0 aromatic heterocycles. The van der Waals surface area contributed by atoms with E-state index in [-0.39, 0.29) is 5.56 Å². The smallest absolute Gasteiger partial charge is 0.377 e. The molecule has 0 amide bonds. The summed E-state index contributed by atoms with van der Waals surface area (Å²) in [4.78, 5) is 23.5. The number of carboxylic acids is 1. The lowest BCUT2D eigenvalue weighted by Crippen LogP contribution is -2.14. The minimum Gasteiger partial charge on any atom is -0.475 e. The molecule has 0 aliphatic rings. The Morgan fingerprint density at radius 3 is 2.33 bits per heavy atom. The zero-order chi connectivity index (χ0) is 11.6. The van der Waals surface area contributed by atoms with Gasteiger partial charge in [-0.05, 0) is 34.1 Å². The molecule has 0 spiro atoms. The van der Waals surface area contributed by atoms with Crippen LogP contribution in [0.1, 0.15) is 10.4 Å². The molecule has 80 valence electrons. The Bertz CT molecular complexity index is 415. The topological polar surface area (TPSA) is 57.6 Å². The van der Waals surface area contributed by atoms with Crippen molar-refractivity contribution < 1.29 is 14.7 Å². The van der Waals surface area contributed by atoms with Gasteiger partial charge in [-0.25, -0.2) is 4.79 Å². The van der Waals surface area contributed by atoms with Gasteiger partial charge in [-0.3, -0.25) is 4.79 Å². The van der Waals surface area contributed by atoms with Gasteiger partial charge in [0.25, 0.3) is 5.78 Å². The first-order valence-corrected chi connectivity index (χ1v) is 4.97. The van der Waals surface area contributed by atoms with Crippen molar-refractivity contribution in [2.45, 2.75) is 0 Å². The molecule has 0 unspecified atom stereocenters. The van der Waals surface area contributed by atoms with Crippen molar-refractivity contribution in [1.29, 1.82) is 0 Å². The van der Waals surface area contributed by atoms with Crippen molar-refractivity contribution in [3.63, 3.8) is 0 Å². The first kappa shape index (κ1) is 11.7. The number of carboxylic acid groups (broad SMARTS) is 1. The van der Waals surface area contributed by atoms with E-state index in [1.807, 2.05) is 19.0 Å². The zero-order valence-corrected chi connectivity index (χ0v) is 9.91. The molecule has 0 saturated heterocycles. The van der Waals surface area contributed by atoms with Crippen LogP contribution < -0.4 is 4.90 Å². The minimum atomic E-state index is -1.44. The lowest BCUT2D eigenvalue weighted by atomic mass is 10.1. The second-order valence-corrected chi connectivity index (χ2v) is 4.05. The molecule has 1 aromatic carbocycles. The Kier molecular flexibility index (Phi) is 3.47. The van der Waals surface area contributed by atoms with Gasteiger partial charge in [0, 0.05) is 24.1 Å². The molecule has 0 bridgehead atoms. The van der Waals surface area contributed by atoms with E-state index >= 15 is 0 Å². The molecule has 4 nitrogen and oxygen atoms in total. The normalized spacial score (nSPS) is 9.80. The Balaban J connectivity index is 3.12. The Morgan fingerprint density at radius 1 is 1.33 bits per heavy atom. The molecular formula is C10H10BrNO3. The molecule has 5 heteroatoms. The number of carbonyl (C=O) groups is 2. The fourth-order valence-corrected chi connectivity index (χ4v) is 1.87. The third kappa shape index (κ3) is 2.56. The molecule has 0 aliphatic heterocycles. The van der Waals surface area contributed by atoms with Crippen LogP contribution in [0, 0.1) is 0 Å². The number of halogens is 1. The number of anilines is 1. The summed E-state index contributed by atoms with van der Waals surface area (Å²) < 4.78 is 0.694. The Morgan fingerprint density at radius 2 is 1.93 bits per heavy atom. The number of hydrogen-bond donors (Lipinski definition) is 1. The van der Waals surface area contributed by atoms with Gasteiger partial charge in [-0.2, -0.15) is 0 Å². The maximum atomic E-state index is 11.1. The molecule has 1 N–H and O–H groups in total.